The van der Waals surface area contributed by atoms with Crippen LogP contribution in [-0.2, 0) is 6.42 Å². The van der Waals surface area contributed by atoms with Gasteiger partial charge in [0.2, 0.25) is 0 Å². The smallest absolute Gasteiger partial charge is 0.258 e. The van der Waals surface area contributed by atoms with Crippen LogP contribution in [0.1, 0.15) is 30.5 Å². The van der Waals surface area contributed by atoms with Crippen molar-refractivity contribution in [2.45, 2.75) is 25.3 Å². The lowest BCUT2D eigenvalue weighted by atomic mass is 9.98. The normalized spacial score (nSPS) is 12.0. The number of halogens is 1. The molecule has 4 aromatic carbocycles. The third kappa shape index (κ3) is 5.98. The number of hydrogen-bond acceptors (Lipinski definition) is 4. The van der Waals surface area contributed by atoms with E-state index in [1.807, 2.05) is 66.7 Å². The molecule has 6 heteroatoms. The first-order valence-corrected chi connectivity index (χ1v) is 15.6. The summed E-state index contributed by atoms with van der Waals surface area (Å²) in [6.07, 6.45) is 4.76. The quantitative estimate of drug-likeness (QED) is 0.162. The van der Waals surface area contributed by atoms with Gasteiger partial charge in [-0.2, -0.15) is 0 Å². The summed E-state index contributed by atoms with van der Waals surface area (Å²) in [5.74, 6) is 2.14. The van der Waals surface area contributed by atoms with Crippen LogP contribution in [0, 0.1) is 0 Å². The first kappa shape index (κ1) is 28.7. The van der Waals surface area contributed by atoms with E-state index in [1.54, 1.807) is 21.3 Å². The summed E-state index contributed by atoms with van der Waals surface area (Å²) in [5.41, 5.74) is 3.07. The Morgan fingerprint density at radius 2 is 1.28 bits per heavy atom. The van der Waals surface area contributed by atoms with Crippen LogP contribution >= 0.6 is 15.9 Å². The minimum absolute atomic E-state index is 0.445. The van der Waals surface area contributed by atoms with Gasteiger partial charge in [0.1, 0.15) is 5.75 Å². The highest BCUT2D eigenvalue weighted by Crippen LogP contribution is 2.41. The van der Waals surface area contributed by atoms with E-state index in [0.717, 1.165) is 37.3 Å². The van der Waals surface area contributed by atoms with Crippen molar-refractivity contribution in [1.29, 1.82) is 0 Å². The maximum Gasteiger partial charge on any atom is 0.258 e. The van der Waals surface area contributed by atoms with Gasteiger partial charge in [-0.05, 0) is 78.7 Å². The summed E-state index contributed by atoms with van der Waals surface area (Å²) in [6.45, 7) is 4.34. The average molecular weight is 604 g/mol. The van der Waals surface area contributed by atoms with Crippen LogP contribution in [0.4, 0.5) is 0 Å². The Bertz CT molecular complexity index is 1400. The van der Waals surface area contributed by atoms with Crippen LogP contribution in [-0.4, -0.2) is 34.4 Å². The SMILES string of the molecule is COc1ccc(C=Cc2cc(Br)c(OC)c(OC)c2)cc1CC(C)(C)[Si](O)(c1ccccc1)c1ccccc1. The second kappa shape index (κ2) is 12.2. The first-order valence-electron chi connectivity index (χ1n) is 12.8. The highest BCUT2D eigenvalue weighted by Gasteiger charge is 2.50. The molecule has 0 aliphatic rings. The van der Waals surface area contributed by atoms with E-state index in [4.69, 9.17) is 14.2 Å². The fourth-order valence-corrected chi connectivity index (χ4v) is 9.49. The molecule has 0 heterocycles. The Hall–Kier alpha value is -3.32. The van der Waals surface area contributed by atoms with Gasteiger partial charge < -0.3 is 19.0 Å². The Labute approximate surface area is 241 Å². The number of hydrogen-bond donors (Lipinski definition) is 1. The Morgan fingerprint density at radius 3 is 1.82 bits per heavy atom. The topological polar surface area (TPSA) is 47.9 Å². The van der Waals surface area contributed by atoms with Crippen molar-refractivity contribution in [1.82, 2.24) is 0 Å². The first-order chi connectivity index (χ1) is 18.7. The molecule has 0 saturated carbocycles. The monoisotopic (exact) mass is 602 g/mol. The number of methoxy groups -OCH3 is 3. The van der Waals surface area contributed by atoms with Crippen molar-refractivity contribution >= 4 is 46.8 Å². The summed E-state index contributed by atoms with van der Waals surface area (Å²) in [7, 11) is 1.78. The van der Waals surface area contributed by atoms with Crippen LogP contribution in [0.5, 0.6) is 17.2 Å². The Balaban J connectivity index is 1.72. The van der Waals surface area contributed by atoms with E-state index >= 15 is 0 Å². The van der Waals surface area contributed by atoms with E-state index in [0.29, 0.717) is 17.9 Å². The van der Waals surface area contributed by atoms with E-state index in [9.17, 15) is 4.80 Å². The molecule has 0 aromatic heterocycles. The van der Waals surface area contributed by atoms with Gasteiger partial charge in [-0.25, -0.2) is 0 Å². The largest absolute Gasteiger partial charge is 0.496 e. The minimum Gasteiger partial charge on any atom is -0.496 e. The van der Waals surface area contributed by atoms with Crippen LogP contribution in [0.2, 0.25) is 5.04 Å². The van der Waals surface area contributed by atoms with Gasteiger partial charge in [0, 0.05) is 0 Å². The van der Waals surface area contributed by atoms with Gasteiger partial charge in [-0.3, -0.25) is 0 Å². The molecule has 4 aromatic rings. The average Bonchev–Trinajstić information content (AvgIpc) is 2.96. The van der Waals surface area contributed by atoms with Gasteiger partial charge in [0.15, 0.2) is 11.5 Å². The van der Waals surface area contributed by atoms with E-state index in [-0.39, 0.29) is 0 Å². The van der Waals surface area contributed by atoms with Gasteiger partial charge in [-0.15, -0.1) is 0 Å². The zero-order valence-corrected chi connectivity index (χ0v) is 25.7. The molecule has 4 rings (SSSR count). The molecule has 0 amide bonds. The Morgan fingerprint density at radius 1 is 0.718 bits per heavy atom. The van der Waals surface area contributed by atoms with Crippen LogP contribution < -0.4 is 24.6 Å². The van der Waals surface area contributed by atoms with Gasteiger partial charge in [0.05, 0.1) is 25.8 Å². The van der Waals surface area contributed by atoms with Gasteiger partial charge >= 0.3 is 0 Å². The third-order valence-electron chi connectivity index (χ3n) is 7.22. The summed E-state index contributed by atoms with van der Waals surface area (Å²) >= 11 is 3.57. The zero-order chi connectivity index (χ0) is 28.0. The molecule has 0 unspecified atom stereocenters. The lowest BCUT2D eigenvalue weighted by molar-refractivity contribution is 0.353. The molecule has 0 atom stereocenters. The second-order valence-electron chi connectivity index (χ2n) is 10.1. The van der Waals surface area contributed by atoms with Crippen molar-refractivity contribution in [2.75, 3.05) is 21.3 Å². The van der Waals surface area contributed by atoms with Crippen LogP contribution in [0.3, 0.4) is 0 Å². The highest BCUT2D eigenvalue weighted by molar-refractivity contribution is 9.10. The predicted octanol–water partition coefficient (Wildman–Crippen LogP) is 6.72. The number of ether oxygens (including phenoxy) is 3. The lowest BCUT2D eigenvalue weighted by Gasteiger charge is -2.41. The summed E-state index contributed by atoms with van der Waals surface area (Å²) in [6, 6.07) is 30.4. The molecule has 0 radical (unpaired) electrons. The molecule has 0 aliphatic heterocycles. The zero-order valence-electron chi connectivity index (χ0n) is 23.1. The Kier molecular flexibility index (Phi) is 9.00. The molecule has 202 valence electrons. The third-order valence-corrected chi connectivity index (χ3v) is 12.3. The van der Waals surface area contributed by atoms with Crippen molar-refractivity contribution in [3.8, 4) is 17.2 Å². The molecule has 4 nitrogen and oxygen atoms in total. The molecule has 0 saturated heterocycles. The van der Waals surface area contributed by atoms with Gasteiger partial charge in [-0.1, -0.05) is 92.7 Å². The molecular weight excluding hydrogens is 568 g/mol. The minimum atomic E-state index is -3.17. The molecule has 1 N–H and O–H groups in total. The van der Waals surface area contributed by atoms with Gasteiger partial charge in [0.25, 0.3) is 8.32 Å². The fraction of sp³-hybridized carbons (Fsp3) is 0.212. The number of benzene rings is 4. The van der Waals surface area contributed by atoms with E-state index in [2.05, 4.69) is 66.2 Å². The van der Waals surface area contributed by atoms with Crippen LogP contribution in [0.25, 0.3) is 12.2 Å². The number of rotatable bonds is 10. The maximum absolute atomic E-state index is 12.6. The van der Waals surface area contributed by atoms with Crippen molar-refractivity contribution in [3.63, 3.8) is 0 Å². The molecular formula is C33H35BrO4Si. The molecule has 0 spiro atoms. The summed E-state index contributed by atoms with van der Waals surface area (Å²) in [5, 5.41) is 1.55. The van der Waals surface area contributed by atoms with Crippen molar-refractivity contribution in [3.05, 3.63) is 112 Å². The standard InChI is InChI=1S/C33H35BrO4Si/c1-33(2,39(35,27-12-8-6-9-13-27)28-14-10-7-11-15-28)23-26-20-24(18-19-30(26)36-3)16-17-25-21-29(34)32(38-5)31(22-25)37-4/h6-22,35H,23H2,1-5H3. The fourth-order valence-electron chi connectivity index (χ4n) is 5.18. The van der Waals surface area contributed by atoms with Crippen molar-refractivity contribution < 1.29 is 19.0 Å². The second-order valence-corrected chi connectivity index (χ2v) is 14.9. The molecule has 39 heavy (non-hydrogen) atoms. The highest BCUT2D eigenvalue weighted by atomic mass is 79.9. The van der Waals surface area contributed by atoms with Crippen molar-refractivity contribution in [2.24, 2.45) is 0 Å². The maximum atomic E-state index is 12.6. The summed E-state index contributed by atoms with van der Waals surface area (Å²) in [4.78, 5) is 12.6. The lowest BCUT2D eigenvalue weighted by Crippen LogP contribution is -2.65. The predicted molar refractivity (Wildman–Crippen MR) is 167 cm³/mol. The van der Waals surface area contributed by atoms with E-state index < -0.39 is 13.4 Å². The summed E-state index contributed by atoms with van der Waals surface area (Å²) < 4.78 is 17.5. The molecule has 0 fully saturated rings. The molecule has 0 aliphatic carbocycles. The van der Waals surface area contributed by atoms with Crippen LogP contribution in [0.15, 0.2) is 95.5 Å². The molecule has 0 bridgehead atoms. The van der Waals surface area contributed by atoms with E-state index in [1.165, 1.54) is 0 Å².